The molecule has 0 aliphatic heterocycles. The molecule has 6 heteroatoms. The highest BCUT2D eigenvalue weighted by Crippen LogP contribution is 2.57. The number of pyridine rings is 2. The van der Waals surface area contributed by atoms with Crippen LogP contribution in [0.4, 0.5) is 8.78 Å². The van der Waals surface area contributed by atoms with Gasteiger partial charge in [0, 0.05) is 28.2 Å². The Kier molecular flexibility index (Phi) is 4.80. The van der Waals surface area contributed by atoms with E-state index in [1.165, 1.54) is 6.20 Å². The van der Waals surface area contributed by atoms with Crippen LogP contribution < -0.4 is 5.73 Å². The second kappa shape index (κ2) is 7.65. The summed E-state index contributed by atoms with van der Waals surface area (Å²) in [5.74, 6) is 0.395. The molecule has 2 aromatic heterocycles. The number of aliphatic hydroxyl groups is 1. The van der Waals surface area contributed by atoms with Gasteiger partial charge in [-0.1, -0.05) is 54.6 Å². The lowest BCUT2D eigenvalue weighted by molar-refractivity contribution is -0.106. The van der Waals surface area contributed by atoms with Crippen molar-refractivity contribution in [3.8, 4) is 22.4 Å². The lowest BCUT2D eigenvalue weighted by atomic mass is 9.60. The molecule has 172 valence electrons. The monoisotopic (exact) mass is 457 g/mol. The van der Waals surface area contributed by atoms with Gasteiger partial charge in [-0.25, -0.2) is 13.8 Å². The van der Waals surface area contributed by atoms with Gasteiger partial charge in [-0.3, -0.25) is 4.98 Å². The maximum atomic E-state index is 13.6. The number of halogens is 2. The normalized spacial score (nSPS) is 24.4. The standard InChI is InChI=1S/C28H25F2N3O/c29-26(30)25-22-14-21(17-4-2-1-3-5-17)24(33-23(22)12-13-32-25)18-6-8-19(9-7-18)27(31)15-28(34,16-27)20-10-11-20/h1-9,12-14,20,26,34H,10-11,15-16,31H2/t27-,28-. The van der Waals surface area contributed by atoms with Gasteiger partial charge in [0.15, 0.2) is 0 Å². The molecule has 2 saturated carbocycles. The first-order valence-electron chi connectivity index (χ1n) is 11.6. The molecule has 0 spiro atoms. The van der Waals surface area contributed by atoms with E-state index in [0.717, 1.165) is 35.1 Å². The first-order chi connectivity index (χ1) is 16.4. The van der Waals surface area contributed by atoms with Gasteiger partial charge in [0.25, 0.3) is 6.43 Å². The third-order valence-corrected chi connectivity index (χ3v) is 7.38. The van der Waals surface area contributed by atoms with Crippen LogP contribution in [0.25, 0.3) is 33.3 Å². The van der Waals surface area contributed by atoms with E-state index in [1.807, 2.05) is 54.6 Å². The summed E-state index contributed by atoms with van der Waals surface area (Å²) in [5.41, 5.74) is 9.96. The number of benzene rings is 2. The number of aromatic nitrogens is 2. The first-order valence-corrected chi connectivity index (χ1v) is 11.6. The van der Waals surface area contributed by atoms with Crippen LogP contribution in [0.2, 0.25) is 0 Å². The molecule has 2 aliphatic carbocycles. The van der Waals surface area contributed by atoms with E-state index in [2.05, 4.69) is 4.98 Å². The minimum Gasteiger partial charge on any atom is -0.389 e. The summed E-state index contributed by atoms with van der Waals surface area (Å²) < 4.78 is 27.3. The minimum atomic E-state index is -2.68. The van der Waals surface area contributed by atoms with Crippen molar-refractivity contribution in [3.05, 3.63) is 84.2 Å². The zero-order valence-corrected chi connectivity index (χ0v) is 18.6. The summed E-state index contributed by atoms with van der Waals surface area (Å²) in [5, 5.41) is 11.1. The Morgan fingerprint density at radius 3 is 2.29 bits per heavy atom. The second-order valence-corrected chi connectivity index (χ2v) is 9.78. The second-order valence-electron chi connectivity index (χ2n) is 9.78. The van der Waals surface area contributed by atoms with Crippen molar-refractivity contribution < 1.29 is 13.9 Å². The van der Waals surface area contributed by atoms with Gasteiger partial charge in [0.1, 0.15) is 5.69 Å². The number of hydrogen-bond acceptors (Lipinski definition) is 4. The number of nitrogens with zero attached hydrogens (tertiary/aromatic N) is 2. The fraction of sp³-hybridized carbons (Fsp3) is 0.286. The Balaban J connectivity index is 1.43. The topological polar surface area (TPSA) is 72.0 Å². The molecule has 2 fully saturated rings. The van der Waals surface area contributed by atoms with Gasteiger partial charge in [-0.15, -0.1) is 0 Å². The van der Waals surface area contributed by atoms with Gasteiger partial charge >= 0.3 is 0 Å². The van der Waals surface area contributed by atoms with Crippen molar-refractivity contribution in [3.63, 3.8) is 0 Å². The molecule has 2 heterocycles. The minimum absolute atomic E-state index is 0.262. The molecule has 2 aromatic carbocycles. The van der Waals surface area contributed by atoms with Crippen LogP contribution in [0.3, 0.4) is 0 Å². The Hall–Kier alpha value is -3.22. The molecule has 6 rings (SSSR count). The van der Waals surface area contributed by atoms with Crippen molar-refractivity contribution in [2.75, 3.05) is 0 Å². The third kappa shape index (κ3) is 3.49. The number of hydrogen-bond donors (Lipinski definition) is 2. The smallest absolute Gasteiger partial charge is 0.281 e. The maximum Gasteiger partial charge on any atom is 0.281 e. The molecule has 3 N–H and O–H groups in total. The van der Waals surface area contributed by atoms with Crippen molar-refractivity contribution in [2.45, 2.75) is 43.2 Å². The Morgan fingerprint density at radius 2 is 1.65 bits per heavy atom. The number of nitrogens with two attached hydrogens (primary N) is 1. The van der Waals surface area contributed by atoms with Crippen LogP contribution in [0.15, 0.2) is 72.9 Å². The quantitative estimate of drug-likeness (QED) is 0.386. The Morgan fingerprint density at radius 1 is 0.941 bits per heavy atom. The van der Waals surface area contributed by atoms with Gasteiger partial charge in [-0.2, -0.15) is 0 Å². The van der Waals surface area contributed by atoms with Crippen LogP contribution in [-0.4, -0.2) is 20.7 Å². The molecule has 0 atom stereocenters. The average Bonchev–Trinajstić information content (AvgIpc) is 3.68. The summed E-state index contributed by atoms with van der Waals surface area (Å²) >= 11 is 0. The number of alkyl halides is 2. The molecule has 0 amide bonds. The fourth-order valence-corrected chi connectivity index (χ4v) is 5.46. The highest BCUT2D eigenvalue weighted by molar-refractivity contribution is 5.92. The van der Waals surface area contributed by atoms with Crippen molar-refractivity contribution in [1.82, 2.24) is 9.97 Å². The van der Waals surface area contributed by atoms with Crippen LogP contribution in [-0.2, 0) is 5.54 Å². The van der Waals surface area contributed by atoms with E-state index in [1.54, 1.807) is 12.1 Å². The maximum absolute atomic E-state index is 13.6. The summed E-state index contributed by atoms with van der Waals surface area (Å²) in [6, 6.07) is 21.0. The molecule has 4 nitrogen and oxygen atoms in total. The van der Waals surface area contributed by atoms with Crippen LogP contribution in [0.5, 0.6) is 0 Å². The highest BCUT2D eigenvalue weighted by Gasteiger charge is 2.58. The van der Waals surface area contributed by atoms with E-state index in [0.29, 0.717) is 35.4 Å². The van der Waals surface area contributed by atoms with Crippen LogP contribution in [0.1, 0.15) is 43.4 Å². The largest absolute Gasteiger partial charge is 0.389 e. The molecule has 0 saturated heterocycles. The molecular formula is C28H25F2N3O. The Bertz CT molecular complexity index is 1360. The SMILES string of the molecule is N[C@]1(c2ccc(-c3nc4ccnc(C(F)F)c4cc3-c3ccccc3)cc2)C[C@](O)(C2CC2)C1. The Labute approximate surface area is 196 Å². The summed E-state index contributed by atoms with van der Waals surface area (Å²) in [4.78, 5) is 8.70. The predicted molar refractivity (Wildman–Crippen MR) is 128 cm³/mol. The molecule has 0 unspecified atom stereocenters. The van der Waals surface area contributed by atoms with Crippen molar-refractivity contribution in [2.24, 2.45) is 11.7 Å². The zero-order chi connectivity index (χ0) is 23.5. The van der Waals surface area contributed by atoms with E-state index < -0.39 is 17.6 Å². The van der Waals surface area contributed by atoms with Crippen molar-refractivity contribution >= 4 is 10.9 Å². The van der Waals surface area contributed by atoms with Crippen molar-refractivity contribution in [1.29, 1.82) is 0 Å². The molecule has 0 radical (unpaired) electrons. The number of fused-ring (bicyclic) bond motifs is 1. The van der Waals surface area contributed by atoms with Gasteiger partial charge in [0.05, 0.1) is 16.8 Å². The number of rotatable bonds is 5. The first kappa shape index (κ1) is 21.3. The lowest BCUT2D eigenvalue weighted by Gasteiger charge is -2.52. The lowest BCUT2D eigenvalue weighted by Crippen LogP contribution is -2.60. The van der Waals surface area contributed by atoms with Crippen LogP contribution >= 0.6 is 0 Å². The summed E-state index contributed by atoms with van der Waals surface area (Å²) in [7, 11) is 0. The van der Waals surface area contributed by atoms with Crippen LogP contribution in [0, 0.1) is 5.92 Å². The molecule has 4 aromatic rings. The van der Waals surface area contributed by atoms with E-state index in [-0.39, 0.29) is 5.69 Å². The molecule has 34 heavy (non-hydrogen) atoms. The summed E-state index contributed by atoms with van der Waals surface area (Å²) in [6.45, 7) is 0. The molecular weight excluding hydrogens is 432 g/mol. The predicted octanol–water partition coefficient (Wildman–Crippen LogP) is 5.99. The third-order valence-electron chi connectivity index (χ3n) is 7.38. The van der Waals surface area contributed by atoms with Gasteiger partial charge in [-0.05, 0) is 54.9 Å². The van der Waals surface area contributed by atoms with Gasteiger partial charge in [0.2, 0.25) is 0 Å². The fourth-order valence-electron chi connectivity index (χ4n) is 5.46. The average molecular weight is 458 g/mol. The molecule has 2 aliphatic rings. The van der Waals surface area contributed by atoms with E-state index in [9.17, 15) is 13.9 Å². The summed E-state index contributed by atoms with van der Waals surface area (Å²) in [6.07, 6.45) is 2.03. The highest BCUT2D eigenvalue weighted by atomic mass is 19.3. The van der Waals surface area contributed by atoms with E-state index >= 15 is 0 Å². The zero-order valence-electron chi connectivity index (χ0n) is 18.6. The van der Waals surface area contributed by atoms with Gasteiger partial charge < -0.3 is 10.8 Å². The van der Waals surface area contributed by atoms with E-state index in [4.69, 9.17) is 10.7 Å². The molecule has 0 bridgehead atoms.